The van der Waals surface area contributed by atoms with Crippen LogP contribution in [0.3, 0.4) is 0 Å². The van der Waals surface area contributed by atoms with E-state index in [0.29, 0.717) is 15.0 Å². The fourth-order valence-corrected chi connectivity index (χ4v) is 4.37. The Bertz CT molecular complexity index is 588. The molecule has 1 saturated heterocycles. The Morgan fingerprint density at radius 3 is 2.43 bits per heavy atom. The van der Waals surface area contributed by atoms with Gasteiger partial charge in [-0.15, -0.1) is 0 Å². The molecule has 3 nitrogen and oxygen atoms in total. The van der Waals surface area contributed by atoms with Crippen molar-refractivity contribution in [2.75, 3.05) is 0 Å². The van der Waals surface area contributed by atoms with E-state index in [-0.39, 0.29) is 18.2 Å². The Labute approximate surface area is 130 Å². The summed E-state index contributed by atoms with van der Waals surface area (Å²) in [4.78, 5) is 11.7. The molecule has 0 bridgehead atoms. The Kier molecular flexibility index (Phi) is 4.58. The first kappa shape index (κ1) is 14.2. The van der Waals surface area contributed by atoms with Crippen molar-refractivity contribution >= 4 is 25.5 Å². The van der Waals surface area contributed by atoms with Gasteiger partial charge in [-0.2, -0.15) is 0 Å². The fourth-order valence-electron chi connectivity index (χ4n) is 2.41. The van der Waals surface area contributed by atoms with E-state index in [9.17, 15) is 4.79 Å². The van der Waals surface area contributed by atoms with Gasteiger partial charge in [-0.05, 0) is 0 Å². The Morgan fingerprint density at radius 2 is 1.71 bits per heavy atom. The number of amides is 1. The second-order valence-corrected chi connectivity index (χ2v) is 7.29. The van der Waals surface area contributed by atoms with Crippen LogP contribution in [0.1, 0.15) is 18.0 Å². The van der Waals surface area contributed by atoms with Gasteiger partial charge in [0.25, 0.3) is 0 Å². The minimum absolute atomic E-state index is 0.00385. The van der Waals surface area contributed by atoms with Crippen LogP contribution >= 0.6 is 0 Å². The summed E-state index contributed by atoms with van der Waals surface area (Å²) in [6, 6.07) is 20.6. The molecule has 0 unspecified atom stereocenters. The molecule has 21 heavy (non-hydrogen) atoms. The van der Waals surface area contributed by atoms with Crippen LogP contribution in [0.25, 0.3) is 0 Å². The molecular formula is C17H17NO2Se. The van der Waals surface area contributed by atoms with E-state index in [1.165, 1.54) is 4.46 Å². The summed E-state index contributed by atoms with van der Waals surface area (Å²) in [6.07, 6.45) is 0.540. The number of carbonyl (C=O) groups excluding carboxylic acids is 1. The molecule has 4 heteroatoms. The summed E-state index contributed by atoms with van der Waals surface area (Å²) in [5, 5.41) is 3.83. The van der Waals surface area contributed by atoms with Gasteiger partial charge in [-0.3, -0.25) is 0 Å². The number of hydrogen-bond acceptors (Lipinski definition) is 2. The van der Waals surface area contributed by atoms with Crippen LogP contribution in [0.5, 0.6) is 0 Å². The van der Waals surface area contributed by atoms with E-state index in [0.717, 1.165) is 17.3 Å². The summed E-state index contributed by atoms with van der Waals surface area (Å²) in [6.45, 7) is 0. The monoisotopic (exact) mass is 347 g/mol. The Hall–Kier alpha value is -1.77. The third kappa shape index (κ3) is 3.87. The molecule has 3 rings (SSSR count). The van der Waals surface area contributed by atoms with Gasteiger partial charge in [0.05, 0.1) is 0 Å². The van der Waals surface area contributed by atoms with Gasteiger partial charge in [-0.1, -0.05) is 0 Å². The first-order valence-electron chi connectivity index (χ1n) is 7.01. The molecule has 0 spiro atoms. The number of cyclic esters (lactones) is 1. The average Bonchev–Trinajstić information content (AvgIpc) is 2.54. The first-order chi connectivity index (χ1) is 10.3. The Morgan fingerprint density at radius 1 is 1.05 bits per heavy atom. The predicted molar refractivity (Wildman–Crippen MR) is 83.8 cm³/mol. The topological polar surface area (TPSA) is 38.3 Å². The van der Waals surface area contributed by atoms with Crippen molar-refractivity contribution in [2.45, 2.75) is 23.9 Å². The van der Waals surface area contributed by atoms with Crippen molar-refractivity contribution < 1.29 is 9.53 Å². The number of ether oxygens (including phenoxy) is 1. The van der Waals surface area contributed by atoms with E-state index in [1.54, 1.807) is 0 Å². The molecule has 2 aromatic rings. The van der Waals surface area contributed by atoms with Gasteiger partial charge >= 0.3 is 130 Å². The maximum atomic E-state index is 11.7. The predicted octanol–water partition coefficient (Wildman–Crippen LogP) is 2.67. The van der Waals surface area contributed by atoms with E-state index in [4.69, 9.17) is 4.74 Å². The molecule has 2 atom stereocenters. The van der Waals surface area contributed by atoms with E-state index in [2.05, 4.69) is 41.7 Å². The summed E-state index contributed by atoms with van der Waals surface area (Å²) >= 11 is 0.338. The van der Waals surface area contributed by atoms with Crippen molar-refractivity contribution in [3.8, 4) is 0 Å². The van der Waals surface area contributed by atoms with Crippen LogP contribution in [0.2, 0.25) is 5.32 Å². The van der Waals surface area contributed by atoms with Gasteiger partial charge < -0.3 is 0 Å². The molecule has 1 aliphatic rings. The molecule has 108 valence electrons. The zero-order valence-corrected chi connectivity index (χ0v) is 13.3. The van der Waals surface area contributed by atoms with E-state index < -0.39 is 0 Å². The number of carbonyl (C=O) groups is 1. The molecule has 0 aromatic heterocycles. The van der Waals surface area contributed by atoms with Crippen molar-refractivity contribution in [3.05, 3.63) is 66.2 Å². The molecule has 0 radical (unpaired) electrons. The van der Waals surface area contributed by atoms with Crippen LogP contribution in [-0.2, 0) is 4.74 Å². The van der Waals surface area contributed by atoms with Crippen LogP contribution in [0, 0.1) is 0 Å². The van der Waals surface area contributed by atoms with Crippen molar-refractivity contribution in [1.29, 1.82) is 0 Å². The molecule has 1 aliphatic heterocycles. The minimum atomic E-state index is -0.302. The molecule has 1 N–H and O–H groups in total. The number of alkyl carbamates (subject to hydrolysis) is 1. The number of hydrogen-bond donors (Lipinski definition) is 1. The zero-order chi connectivity index (χ0) is 14.5. The molecule has 1 fully saturated rings. The van der Waals surface area contributed by atoms with Crippen LogP contribution in [-0.4, -0.2) is 27.2 Å². The van der Waals surface area contributed by atoms with Crippen LogP contribution in [0.15, 0.2) is 60.7 Å². The SMILES string of the molecule is O=C1N[C@@H](c2ccccc2)C[C@@H](C[Se]c2ccccc2)O1. The summed E-state index contributed by atoms with van der Waals surface area (Å²) in [5.41, 5.74) is 1.14. The second kappa shape index (κ2) is 6.79. The van der Waals surface area contributed by atoms with E-state index >= 15 is 0 Å². The quantitative estimate of drug-likeness (QED) is 0.865. The third-order valence-corrected chi connectivity index (χ3v) is 5.85. The summed E-state index contributed by atoms with van der Waals surface area (Å²) < 4.78 is 6.77. The average molecular weight is 346 g/mol. The van der Waals surface area contributed by atoms with Gasteiger partial charge in [0.15, 0.2) is 0 Å². The zero-order valence-electron chi connectivity index (χ0n) is 11.6. The molecule has 1 amide bonds. The molecular weight excluding hydrogens is 329 g/mol. The Balaban J connectivity index is 1.62. The van der Waals surface area contributed by atoms with Crippen LogP contribution in [0.4, 0.5) is 4.79 Å². The number of rotatable bonds is 4. The van der Waals surface area contributed by atoms with Gasteiger partial charge in [0, 0.05) is 0 Å². The van der Waals surface area contributed by atoms with Gasteiger partial charge in [-0.25, -0.2) is 0 Å². The first-order valence-corrected chi connectivity index (χ1v) is 9.08. The molecule has 0 aliphatic carbocycles. The van der Waals surface area contributed by atoms with Crippen LogP contribution < -0.4 is 9.78 Å². The maximum absolute atomic E-state index is 11.7. The summed E-state index contributed by atoms with van der Waals surface area (Å²) in [7, 11) is 0. The van der Waals surface area contributed by atoms with E-state index in [1.807, 2.05) is 24.3 Å². The second-order valence-electron chi connectivity index (χ2n) is 4.99. The standard InChI is InChI=1S/C17H17NO2Se/c19-17-18-16(13-7-3-1-4-8-13)11-14(20-17)12-21-15-9-5-2-6-10-15/h1-10,14,16H,11-12H2,(H,18,19)/t14-,16+/m0/s1. The third-order valence-electron chi connectivity index (χ3n) is 3.45. The number of nitrogens with one attached hydrogen (secondary N) is 1. The van der Waals surface area contributed by atoms with Crippen molar-refractivity contribution in [2.24, 2.45) is 0 Å². The van der Waals surface area contributed by atoms with Crippen molar-refractivity contribution in [1.82, 2.24) is 5.32 Å². The fraction of sp³-hybridized carbons (Fsp3) is 0.235. The molecule has 0 saturated carbocycles. The summed E-state index contributed by atoms with van der Waals surface area (Å²) in [5.74, 6) is 0. The number of benzene rings is 2. The van der Waals surface area contributed by atoms with Gasteiger partial charge in [0.2, 0.25) is 0 Å². The normalized spacial score (nSPS) is 21.4. The molecule has 1 heterocycles. The van der Waals surface area contributed by atoms with Crippen molar-refractivity contribution in [3.63, 3.8) is 0 Å². The van der Waals surface area contributed by atoms with Gasteiger partial charge in [0.1, 0.15) is 0 Å². The molecule has 2 aromatic carbocycles.